The molecule has 1 fully saturated rings. The first kappa shape index (κ1) is 23.8. The van der Waals surface area contributed by atoms with Gasteiger partial charge in [-0.3, -0.25) is 4.79 Å². The van der Waals surface area contributed by atoms with Crippen LogP contribution >= 0.6 is 11.3 Å². The van der Waals surface area contributed by atoms with Crippen LogP contribution in [0.15, 0.2) is 58.4 Å². The van der Waals surface area contributed by atoms with Crippen LogP contribution in [0.4, 0.5) is 0 Å². The zero-order valence-electron chi connectivity index (χ0n) is 18.6. The van der Waals surface area contributed by atoms with E-state index in [0.29, 0.717) is 36.7 Å². The summed E-state index contributed by atoms with van der Waals surface area (Å²) in [4.78, 5) is 17.9. The molecule has 1 amide bonds. The third-order valence-electron chi connectivity index (χ3n) is 5.60. The lowest BCUT2D eigenvalue weighted by Gasteiger charge is -2.20. The van der Waals surface area contributed by atoms with Crippen molar-refractivity contribution in [3.05, 3.63) is 58.9 Å². The number of rotatable bonds is 8. The molecule has 4 rings (SSSR count). The second kappa shape index (κ2) is 10.3. The highest BCUT2D eigenvalue weighted by molar-refractivity contribution is 7.89. The first-order valence-corrected chi connectivity index (χ1v) is 13.0. The summed E-state index contributed by atoms with van der Waals surface area (Å²) < 4.78 is 40.8. The van der Waals surface area contributed by atoms with Crippen molar-refractivity contribution in [3.63, 3.8) is 0 Å². The number of benzene rings is 2. The van der Waals surface area contributed by atoms with Crippen LogP contribution < -0.4 is 4.80 Å². The third-order valence-corrected chi connectivity index (χ3v) is 8.50. The van der Waals surface area contributed by atoms with Crippen LogP contribution in [0.1, 0.15) is 23.2 Å². The molecule has 0 aliphatic carbocycles. The number of aromatic nitrogens is 1. The fraction of sp³-hybridized carbons (Fsp3) is 0.391. The minimum atomic E-state index is -3.67. The second-order valence-electron chi connectivity index (χ2n) is 7.86. The van der Waals surface area contributed by atoms with Crippen LogP contribution in [-0.4, -0.2) is 63.2 Å². The molecule has 0 N–H and O–H groups in total. The van der Waals surface area contributed by atoms with Gasteiger partial charge in [0.1, 0.15) is 0 Å². The molecule has 3 aromatic rings. The summed E-state index contributed by atoms with van der Waals surface area (Å²) in [5.41, 5.74) is 1.31. The van der Waals surface area contributed by atoms with E-state index in [2.05, 4.69) is 4.99 Å². The van der Waals surface area contributed by atoms with Gasteiger partial charge in [-0.25, -0.2) is 8.42 Å². The van der Waals surface area contributed by atoms with Gasteiger partial charge >= 0.3 is 0 Å². The van der Waals surface area contributed by atoms with Gasteiger partial charge in [0.15, 0.2) is 4.80 Å². The van der Waals surface area contributed by atoms with Crippen molar-refractivity contribution in [3.8, 4) is 0 Å². The second-order valence-corrected chi connectivity index (χ2v) is 10.9. The standard InChI is InChI=1S/C23H27N3O5S2/c1-25(16-18-6-5-14-31-18)33(28,29)19-11-9-17(10-12-19)22(27)24-23-26(13-15-30-2)20-7-3-4-8-21(20)32-23/h3-4,7-12,18H,5-6,13-16H2,1-2H3. The quantitative estimate of drug-likeness (QED) is 0.485. The lowest BCUT2D eigenvalue weighted by Crippen LogP contribution is -2.34. The van der Waals surface area contributed by atoms with E-state index in [4.69, 9.17) is 9.47 Å². The molecule has 176 valence electrons. The van der Waals surface area contributed by atoms with Crippen molar-refractivity contribution in [1.29, 1.82) is 0 Å². The van der Waals surface area contributed by atoms with E-state index in [-0.39, 0.29) is 11.0 Å². The van der Waals surface area contributed by atoms with Crippen LogP contribution in [0, 0.1) is 0 Å². The highest BCUT2D eigenvalue weighted by Crippen LogP contribution is 2.20. The topological polar surface area (TPSA) is 90.2 Å². The fourth-order valence-corrected chi connectivity index (χ4v) is 6.04. The molecule has 10 heteroatoms. The average Bonchev–Trinajstić information content (AvgIpc) is 3.45. The van der Waals surface area contributed by atoms with Gasteiger partial charge in [-0.05, 0) is 49.2 Å². The van der Waals surface area contributed by atoms with Gasteiger partial charge in [-0.2, -0.15) is 9.30 Å². The monoisotopic (exact) mass is 489 g/mol. The summed E-state index contributed by atoms with van der Waals surface area (Å²) in [6, 6.07) is 13.8. The van der Waals surface area contributed by atoms with Crippen molar-refractivity contribution in [2.24, 2.45) is 4.99 Å². The Balaban J connectivity index is 1.57. The zero-order valence-corrected chi connectivity index (χ0v) is 20.3. The largest absolute Gasteiger partial charge is 0.383 e. The van der Waals surface area contributed by atoms with Crippen molar-refractivity contribution in [1.82, 2.24) is 8.87 Å². The molecule has 0 spiro atoms. The molecule has 33 heavy (non-hydrogen) atoms. The predicted molar refractivity (Wildman–Crippen MR) is 127 cm³/mol. The van der Waals surface area contributed by atoms with Gasteiger partial charge in [0, 0.05) is 39.4 Å². The molecule has 1 atom stereocenters. The summed E-state index contributed by atoms with van der Waals surface area (Å²) in [7, 11) is -0.490. The Morgan fingerprint density at radius 3 is 2.70 bits per heavy atom. The maximum absolute atomic E-state index is 12.9. The third kappa shape index (κ3) is 5.25. The maximum Gasteiger partial charge on any atom is 0.279 e. The highest BCUT2D eigenvalue weighted by atomic mass is 32.2. The molecule has 1 aliphatic rings. The zero-order chi connectivity index (χ0) is 23.4. The number of nitrogens with zero attached hydrogens (tertiary/aromatic N) is 3. The SMILES string of the molecule is COCCn1c(=NC(=O)c2ccc(S(=O)(=O)N(C)CC3CCCO3)cc2)sc2ccccc21. The molecule has 1 aromatic heterocycles. The number of likely N-dealkylation sites (N-methyl/N-ethyl adjacent to an activating group) is 1. The van der Waals surface area contributed by atoms with Gasteiger partial charge in [0.2, 0.25) is 10.0 Å². The lowest BCUT2D eigenvalue weighted by molar-refractivity contribution is 0.0979. The molecule has 1 aliphatic heterocycles. The number of carbonyl (C=O) groups is 1. The molecule has 2 heterocycles. The average molecular weight is 490 g/mol. The Labute approximate surface area is 197 Å². The van der Waals surface area contributed by atoms with E-state index in [0.717, 1.165) is 23.1 Å². The number of hydrogen-bond donors (Lipinski definition) is 0. The molecule has 0 saturated carbocycles. The Hall–Kier alpha value is -2.37. The molecular formula is C23H27N3O5S2. The first-order valence-electron chi connectivity index (χ1n) is 10.7. The Morgan fingerprint density at radius 1 is 1.24 bits per heavy atom. The number of methoxy groups -OCH3 is 1. The van der Waals surface area contributed by atoms with E-state index < -0.39 is 15.9 Å². The normalized spacial score (nSPS) is 17.3. The minimum Gasteiger partial charge on any atom is -0.383 e. The van der Waals surface area contributed by atoms with Gasteiger partial charge in [-0.15, -0.1) is 0 Å². The van der Waals surface area contributed by atoms with Gasteiger partial charge < -0.3 is 14.0 Å². The predicted octanol–water partition coefficient (Wildman–Crippen LogP) is 2.89. The van der Waals surface area contributed by atoms with Crippen LogP contribution in [-0.2, 0) is 26.0 Å². The van der Waals surface area contributed by atoms with Crippen LogP contribution in [0.3, 0.4) is 0 Å². The maximum atomic E-state index is 12.9. The molecule has 8 nitrogen and oxygen atoms in total. The van der Waals surface area contributed by atoms with Crippen molar-refractivity contribution in [2.75, 3.05) is 33.9 Å². The summed E-state index contributed by atoms with van der Waals surface area (Å²) in [5.74, 6) is -0.426. The van der Waals surface area contributed by atoms with Crippen LogP contribution in [0.25, 0.3) is 10.2 Å². The van der Waals surface area contributed by atoms with Gasteiger partial charge in [0.25, 0.3) is 5.91 Å². The number of sulfonamides is 1. The number of ether oxygens (including phenoxy) is 2. The minimum absolute atomic E-state index is 0.0736. The van der Waals surface area contributed by atoms with E-state index in [1.54, 1.807) is 14.2 Å². The summed E-state index contributed by atoms with van der Waals surface area (Å²) >= 11 is 1.43. The van der Waals surface area contributed by atoms with Crippen molar-refractivity contribution < 1.29 is 22.7 Å². The summed E-state index contributed by atoms with van der Waals surface area (Å²) in [5, 5.41) is 0. The van der Waals surface area contributed by atoms with Crippen molar-refractivity contribution >= 4 is 37.5 Å². The van der Waals surface area contributed by atoms with Gasteiger partial charge in [0.05, 0.1) is 27.8 Å². The molecule has 0 radical (unpaired) electrons. The van der Waals surface area contributed by atoms with Crippen LogP contribution in [0.5, 0.6) is 0 Å². The Bertz CT molecular complexity index is 1290. The van der Waals surface area contributed by atoms with Crippen LogP contribution in [0.2, 0.25) is 0 Å². The summed E-state index contributed by atoms with van der Waals surface area (Å²) in [6.07, 6.45) is 1.73. The number of amides is 1. The van der Waals surface area contributed by atoms with Gasteiger partial charge in [-0.1, -0.05) is 23.5 Å². The Kier molecular flexibility index (Phi) is 7.40. The smallest absolute Gasteiger partial charge is 0.279 e. The molecule has 0 bridgehead atoms. The van der Waals surface area contributed by atoms with E-state index in [9.17, 15) is 13.2 Å². The number of hydrogen-bond acceptors (Lipinski definition) is 6. The number of fused-ring (bicyclic) bond motifs is 1. The molecule has 1 saturated heterocycles. The first-order chi connectivity index (χ1) is 15.9. The van der Waals surface area contributed by atoms with E-state index in [1.165, 1.54) is 39.9 Å². The number of carbonyl (C=O) groups excluding carboxylic acids is 1. The van der Waals surface area contributed by atoms with E-state index in [1.807, 2.05) is 28.8 Å². The van der Waals surface area contributed by atoms with E-state index >= 15 is 0 Å². The summed E-state index contributed by atoms with van der Waals surface area (Å²) in [6.45, 7) is 2.05. The number of thiazole rings is 1. The lowest BCUT2D eigenvalue weighted by atomic mass is 10.2. The molecule has 1 unspecified atom stereocenters. The fourth-order valence-electron chi connectivity index (χ4n) is 3.78. The molecular weight excluding hydrogens is 462 g/mol. The highest BCUT2D eigenvalue weighted by Gasteiger charge is 2.26. The van der Waals surface area contributed by atoms with Crippen molar-refractivity contribution in [2.45, 2.75) is 30.4 Å². The molecule has 2 aromatic carbocycles. The number of para-hydroxylation sites is 1. The Morgan fingerprint density at radius 2 is 2.00 bits per heavy atom.